The van der Waals surface area contributed by atoms with Crippen molar-refractivity contribution >= 4 is 33.3 Å². The Morgan fingerprint density at radius 2 is 2.19 bits per heavy atom. The quantitative estimate of drug-likeness (QED) is 0.433. The summed E-state index contributed by atoms with van der Waals surface area (Å²) in [5.74, 6) is 1.50. The lowest BCUT2D eigenvalue weighted by Crippen LogP contribution is -2.29. The van der Waals surface area contributed by atoms with E-state index in [9.17, 15) is 4.79 Å². The Bertz CT molecular complexity index is 1100. The van der Waals surface area contributed by atoms with E-state index in [1.807, 2.05) is 25.3 Å². The van der Waals surface area contributed by atoms with Crippen molar-refractivity contribution in [1.29, 1.82) is 0 Å². The van der Waals surface area contributed by atoms with Gasteiger partial charge in [-0.15, -0.1) is 11.3 Å². The first-order chi connectivity index (χ1) is 15.7. The van der Waals surface area contributed by atoms with Crippen LogP contribution in [0.5, 0.6) is 0 Å². The minimum Gasteiger partial charge on any atom is -0.354 e. The van der Waals surface area contributed by atoms with E-state index in [4.69, 9.17) is 4.98 Å². The summed E-state index contributed by atoms with van der Waals surface area (Å²) in [5, 5.41) is 11.0. The first-order valence-corrected chi connectivity index (χ1v) is 12.6. The van der Waals surface area contributed by atoms with Gasteiger partial charge in [-0.25, -0.2) is 9.97 Å². The van der Waals surface area contributed by atoms with Crippen molar-refractivity contribution in [3.05, 3.63) is 41.6 Å². The Balaban J connectivity index is 1.30. The van der Waals surface area contributed by atoms with Crippen LogP contribution < -0.4 is 16.0 Å². The Labute approximate surface area is 193 Å². The lowest BCUT2D eigenvalue weighted by atomic mass is 9.95. The van der Waals surface area contributed by atoms with Crippen LogP contribution in [0.4, 0.5) is 5.95 Å². The Hall–Kier alpha value is -2.51. The van der Waals surface area contributed by atoms with E-state index in [2.05, 4.69) is 33.1 Å². The van der Waals surface area contributed by atoms with E-state index >= 15 is 0 Å². The van der Waals surface area contributed by atoms with Crippen LogP contribution in [0.15, 0.2) is 30.5 Å². The molecule has 1 aliphatic heterocycles. The van der Waals surface area contributed by atoms with Crippen LogP contribution in [0.25, 0.3) is 20.7 Å². The number of piperidine rings is 1. The molecule has 5 rings (SSSR count). The predicted molar refractivity (Wildman–Crippen MR) is 131 cm³/mol. The number of aromatic nitrogens is 2. The minimum atomic E-state index is 0.0254. The SMILES string of the molecule is Cc1cnc(NCCCC2CCCNC2)nc1-c1cc2c(C(=O)NC3CC3)cccc2s1. The van der Waals surface area contributed by atoms with E-state index in [1.165, 1.54) is 25.8 Å². The van der Waals surface area contributed by atoms with E-state index in [1.54, 1.807) is 11.3 Å². The summed E-state index contributed by atoms with van der Waals surface area (Å²) in [6.07, 6.45) is 9.06. The van der Waals surface area contributed by atoms with Crippen molar-refractivity contribution in [3.8, 4) is 10.6 Å². The summed E-state index contributed by atoms with van der Waals surface area (Å²) in [6.45, 7) is 5.24. The molecule has 3 heterocycles. The summed E-state index contributed by atoms with van der Waals surface area (Å²) in [5.41, 5.74) is 2.73. The van der Waals surface area contributed by atoms with Crippen LogP contribution in [0.1, 0.15) is 54.4 Å². The van der Waals surface area contributed by atoms with Gasteiger partial charge >= 0.3 is 0 Å². The molecule has 3 N–H and O–H groups in total. The van der Waals surface area contributed by atoms with Gasteiger partial charge in [0.25, 0.3) is 5.91 Å². The molecule has 1 aromatic carbocycles. The van der Waals surface area contributed by atoms with Gasteiger partial charge in [-0.05, 0) is 88.2 Å². The fraction of sp³-hybridized carbons (Fsp3) is 0.480. The van der Waals surface area contributed by atoms with Gasteiger partial charge in [-0.3, -0.25) is 4.79 Å². The van der Waals surface area contributed by atoms with Gasteiger partial charge in [-0.1, -0.05) is 6.07 Å². The number of carbonyl (C=O) groups is 1. The van der Waals surface area contributed by atoms with Gasteiger partial charge < -0.3 is 16.0 Å². The highest BCUT2D eigenvalue weighted by atomic mass is 32.1. The molecule has 6 nitrogen and oxygen atoms in total. The third-order valence-electron chi connectivity index (χ3n) is 6.39. The molecule has 32 heavy (non-hydrogen) atoms. The van der Waals surface area contributed by atoms with E-state index in [0.717, 1.165) is 70.1 Å². The van der Waals surface area contributed by atoms with Crippen LogP contribution in [0.2, 0.25) is 0 Å². The molecule has 0 radical (unpaired) electrons. The summed E-state index contributed by atoms with van der Waals surface area (Å²) in [4.78, 5) is 23.1. The largest absolute Gasteiger partial charge is 0.354 e. The molecular formula is C25H31N5OS. The van der Waals surface area contributed by atoms with Crippen LogP contribution in [0.3, 0.4) is 0 Å². The normalized spacial score (nSPS) is 18.6. The van der Waals surface area contributed by atoms with Crippen molar-refractivity contribution in [1.82, 2.24) is 20.6 Å². The highest BCUT2D eigenvalue weighted by Gasteiger charge is 2.25. The van der Waals surface area contributed by atoms with Crippen molar-refractivity contribution in [3.63, 3.8) is 0 Å². The minimum absolute atomic E-state index is 0.0254. The first-order valence-electron chi connectivity index (χ1n) is 11.8. The molecule has 7 heteroatoms. The molecule has 2 aliphatic rings. The summed E-state index contributed by atoms with van der Waals surface area (Å²) < 4.78 is 1.11. The average molecular weight is 450 g/mol. The van der Waals surface area contributed by atoms with Gasteiger partial charge in [0, 0.05) is 34.4 Å². The number of hydrogen-bond donors (Lipinski definition) is 3. The lowest BCUT2D eigenvalue weighted by Gasteiger charge is -2.22. The van der Waals surface area contributed by atoms with Gasteiger partial charge in [0.05, 0.1) is 10.6 Å². The number of hydrogen-bond acceptors (Lipinski definition) is 6. The second kappa shape index (κ2) is 9.55. The van der Waals surface area contributed by atoms with Crippen LogP contribution in [0, 0.1) is 12.8 Å². The molecule has 0 bridgehead atoms. The zero-order chi connectivity index (χ0) is 21.9. The monoisotopic (exact) mass is 449 g/mol. The molecule has 3 aromatic rings. The maximum atomic E-state index is 12.7. The molecule has 1 atom stereocenters. The number of amides is 1. The summed E-state index contributed by atoms with van der Waals surface area (Å²) in [6, 6.07) is 8.41. The lowest BCUT2D eigenvalue weighted by molar-refractivity contribution is 0.0953. The summed E-state index contributed by atoms with van der Waals surface area (Å²) >= 11 is 1.68. The number of fused-ring (bicyclic) bond motifs is 1. The molecule has 2 fully saturated rings. The zero-order valence-electron chi connectivity index (χ0n) is 18.6. The van der Waals surface area contributed by atoms with Gasteiger partial charge in [0.2, 0.25) is 5.95 Å². The van der Waals surface area contributed by atoms with Gasteiger partial charge in [0.1, 0.15) is 0 Å². The van der Waals surface area contributed by atoms with Crippen LogP contribution in [-0.4, -0.2) is 41.6 Å². The van der Waals surface area contributed by atoms with Crippen molar-refractivity contribution in [2.45, 2.75) is 51.5 Å². The number of rotatable bonds is 8. The number of nitrogens with one attached hydrogen (secondary N) is 3. The highest BCUT2D eigenvalue weighted by molar-refractivity contribution is 7.22. The number of anilines is 1. The van der Waals surface area contributed by atoms with Crippen LogP contribution in [-0.2, 0) is 0 Å². The smallest absolute Gasteiger partial charge is 0.252 e. The molecule has 1 aliphatic carbocycles. The molecular weight excluding hydrogens is 418 g/mol. The van der Waals surface area contributed by atoms with Crippen molar-refractivity contribution < 1.29 is 4.79 Å². The topological polar surface area (TPSA) is 78.9 Å². The average Bonchev–Trinajstić information content (AvgIpc) is 3.52. The molecule has 168 valence electrons. The molecule has 2 aromatic heterocycles. The van der Waals surface area contributed by atoms with E-state index in [0.29, 0.717) is 12.0 Å². The maximum Gasteiger partial charge on any atom is 0.252 e. The van der Waals surface area contributed by atoms with E-state index < -0.39 is 0 Å². The molecule has 0 spiro atoms. The first kappa shape index (κ1) is 21.3. The van der Waals surface area contributed by atoms with Crippen LogP contribution >= 0.6 is 11.3 Å². The fourth-order valence-electron chi connectivity index (χ4n) is 4.40. The second-order valence-corrected chi connectivity index (χ2v) is 10.2. The molecule has 1 saturated heterocycles. The van der Waals surface area contributed by atoms with E-state index in [-0.39, 0.29) is 5.91 Å². The Morgan fingerprint density at radius 1 is 1.28 bits per heavy atom. The Morgan fingerprint density at radius 3 is 3.00 bits per heavy atom. The highest BCUT2D eigenvalue weighted by Crippen LogP contribution is 2.36. The number of thiophene rings is 1. The second-order valence-electron chi connectivity index (χ2n) is 9.08. The number of benzene rings is 1. The third kappa shape index (κ3) is 4.94. The molecule has 1 unspecified atom stereocenters. The number of aryl methyl sites for hydroxylation is 1. The molecule has 1 saturated carbocycles. The third-order valence-corrected chi connectivity index (χ3v) is 7.50. The van der Waals surface area contributed by atoms with Crippen molar-refractivity contribution in [2.24, 2.45) is 5.92 Å². The van der Waals surface area contributed by atoms with Gasteiger partial charge in [-0.2, -0.15) is 0 Å². The van der Waals surface area contributed by atoms with Gasteiger partial charge in [0.15, 0.2) is 0 Å². The fourth-order valence-corrected chi connectivity index (χ4v) is 5.55. The maximum absolute atomic E-state index is 12.7. The Kier molecular flexibility index (Phi) is 6.37. The summed E-state index contributed by atoms with van der Waals surface area (Å²) in [7, 11) is 0. The number of nitrogens with zero attached hydrogens (tertiary/aromatic N) is 2. The standard InChI is InChI=1S/C25H31N5OS/c1-16-14-28-25(27-12-4-6-17-5-3-11-26-15-17)30-23(16)22-13-20-19(7-2-8-21(20)32-22)24(31)29-18-9-10-18/h2,7-8,13-14,17-18,26H,3-6,9-12,15H2,1H3,(H,29,31)(H,27,28,30). The van der Waals surface area contributed by atoms with Crippen molar-refractivity contribution in [2.75, 3.05) is 25.0 Å². The zero-order valence-corrected chi connectivity index (χ0v) is 19.4. The molecule has 1 amide bonds. The number of carbonyl (C=O) groups excluding carboxylic acids is 1. The predicted octanol–water partition coefficient (Wildman–Crippen LogP) is 4.75.